The number of nitrogens with one attached hydrogen (secondary N) is 1. The van der Waals surface area contributed by atoms with Crippen LogP contribution in [0.2, 0.25) is 5.02 Å². The minimum atomic E-state index is -3.31. The monoisotopic (exact) mass is 389 g/mol. The van der Waals surface area contributed by atoms with Gasteiger partial charge in [-0.1, -0.05) is 23.7 Å². The van der Waals surface area contributed by atoms with Gasteiger partial charge >= 0.3 is 0 Å². The Labute approximate surface area is 155 Å². The largest absolute Gasteiger partial charge is 0.391 e. The van der Waals surface area contributed by atoms with E-state index in [0.29, 0.717) is 24.3 Å². The number of halogens is 1. The summed E-state index contributed by atoms with van der Waals surface area (Å²) in [4.78, 5) is 10.2. The summed E-state index contributed by atoms with van der Waals surface area (Å²) in [6.45, 7) is 0.884. The Morgan fingerprint density at radius 3 is 2.52 bits per heavy atom. The number of aliphatic hydroxyl groups is 1. The van der Waals surface area contributed by atoms with Gasteiger partial charge in [-0.2, -0.15) is 0 Å². The van der Waals surface area contributed by atoms with Gasteiger partial charge in [0.2, 0.25) is 7.37 Å². The van der Waals surface area contributed by atoms with Crippen LogP contribution in [0, 0.1) is 5.92 Å². The number of rotatable bonds is 9. The van der Waals surface area contributed by atoms with Gasteiger partial charge < -0.3 is 20.1 Å². The molecule has 5 nitrogen and oxygen atoms in total. The van der Waals surface area contributed by atoms with Crippen molar-refractivity contribution in [2.24, 2.45) is 5.92 Å². The van der Waals surface area contributed by atoms with Crippen molar-refractivity contribution in [3.63, 3.8) is 0 Å². The van der Waals surface area contributed by atoms with Gasteiger partial charge in [-0.25, -0.2) is 0 Å². The smallest absolute Gasteiger partial charge is 0.203 e. The van der Waals surface area contributed by atoms with Gasteiger partial charge in [0.1, 0.15) is 0 Å². The van der Waals surface area contributed by atoms with Crippen LogP contribution in [0.3, 0.4) is 0 Å². The van der Waals surface area contributed by atoms with Gasteiger partial charge in [-0.15, -0.1) is 0 Å². The van der Waals surface area contributed by atoms with Crippen LogP contribution < -0.4 is 5.32 Å². The van der Waals surface area contributed by atoms with Gasteiger partial charge in [0.05, 0.1) is 18.4 Å². The highest BCUT2D eigenvalue weighted by molar-refractivity contribution is 7.58. The molecule has 3 N–H and O–H groups in total. The maximum Gasteiger partial charge on any atom is 0.203 e. The number of aliphatic hydroxyl groups excluding tert-OH is 1. The highest BCUT2D eigenvalue weighted by Gasteiger charge is 2.30. The minimum absolute atomic E-state index is 0.0508. The third kappa shape index (κ3) is 7.78. The summed E-state index contributed by atoms with van der Waals surface area (Å²) in [5.41, 5.74) is 1.05. The normalized spacial score (nSPS) is 24.6. The number of benzene rings is 1. The van der Waals surface area contributed by atoms with Gasteiger partial charge in [0, 0.05) is 31.4 Å². The summed E-state index contributed by atoms with van der Waals surface area (Å²) in [5.74, 6) is 0.261. The molecule has 0 saturated heterocycles. The fourth-order valence-electron chi connectivity index (χ4n) is 3.41. The number of ether oxygens (including phenoxy) is 1. The molecule has 0 heterocycles. The lowest BCUT2D eigenvalue weighted by atomic mass is 9.89. The molecule has 1 saturated carbocycles. The van der Waals surface area contributed by atoms with E-state index in [-0.39, 0.29) is 18.2 Å². The Morgan fingerprint density at radius 2 is 1.92 bits per heavy atom. The van der Waals surface area contributed by atoms with Crippen LogP contribution >= 0.6 is 19.0 Å². The topological polar surface area (TPSA) is 78.8 Å². The average Bonchev–Trinajstić information content (AvgIpc) is 2.56. The van der Waals surface area contributed by atoms with Crippen molar-refractivity contribution >= 4 is 19.0 Å². The molecular formula is C18H29ClNO4P. The summed E-state index contributed by atoms with van der Waals surface area (Å²) < 4.78 is 17.8. The molecule has 0 radical (unpaired) electrons. The molecule has 0 spiro atoms. The summed E-state index contributed by atoms with van der Waals surface area (Å²) in [6.07, 6.45) is 3.47. The molecule has 2 atom stereocenters. The first-order valence-electron chi connectivity index (χ1n) is 8.85. The molecule has 1 aliphatic carbocycles. The van der Waals surface area contributed by atoms with Crippen LogP contribution in [0.1, 0.15) is 31.2 Å². The van der Waals surface area contributed by atoms with Crippen LogP contribution in [-0.2, 0) is 15.8 Å². The summed E-state index contributed by atoms with van der Waals surface area (Å²) in [5, 5.41) is 13.9. The van der Waals surface area contributed by atoms with Crippen molar-refractivity contribution in [1.29, 1.82) is 0 Å². The SMILES string of the molecule is COC1CCC(CP(=O)(O)C[C@@H](O)CNCc2ccc(Cl)cc2)CC1. The molecule has 25 heavy (non-hydrogen) atoms. The van der Waals surface area contributed by atoms with Crippen molar-refractivity contribution in [1.82, 2.24) is 5.32 Å². The number of hydrogen-bond donors (Lipinski definition) is 3. The van der Waals surface area contributed by atoms with Gasteiger partial charge in [-0.3, -0.25) is 4.57 Å². The van der Waals surface area contributed by atoms with E-state index in [1.165, 1.54) is 0 Å². The Kier molecular flexibility index (Phi) is 8.40. The van der Waals surface area contributed by atoms with E-state index in [9.17, 15) is 14.6 Å². The Hall–Kier alpha value is -0.420. The fraction of sp³-hybridized carbons (Fsp3) is 0.667. The first kappa shape index (κ1) is 20.9. The molecule has 0 aromatic heterocycles. The molecule has 1 aromatic rings. The van der Waals surface area contributed by atoms with Crippen LogP contribution in [-0.4, -0.2) is 48.2 Å². The van der Waals surface area contributed by atoms with E-state index in [0.717, 1.165) is 31.2 Å². The number of hydrogen-bond acceptors (Lipinski definition) is 4. The molecule has 1 aliphatic rings. The maximum absolute atomic E-state index is 12.4. The second-order valence-corrected chi connectivity index (χ2v) is 9.86. The van der Waals surface area contributed by atoms with E-state index in [1.54, 1.807) is 7.11 Å². The fourth-order valence-corrected chi connectivity index (χ4v) is 5.64. The molecule has 0 aliphatic heterocycles. The second-order valence-electron chi connectivity index (χ2n) is 7.00. The lowest BCUT2D eigenvalue weighted by Gasteiger charge is -2.29. The van der Waals surface area contributed by atoms with E-state index >= 15 is 0 Å². The van der Waals surface area contributed by atoms with Crippen LogP contribution in [0.25, 0.3) is 0 Å². The highest BCUT2D eigenvalue weighted by atomic mass is 35.5. The second kappa shape index (κ2) is 10.1. The Bertz CT molecular complexity index is 561. The zero-order chi connectivity index (χ0) is 18.3. The van der Waals surface area contributed by atoms with Crippen LogP contribution in [0.5, 0.6) is 0 Å². The zero-order valence-electron chi connectivity index (χ0n) is 14.7. The molecule has 0 bridgehead atoms. The van der Waals surface area contributed by atoms with Crippen molar-refractivity contribution < 1.29 is 19.3 Å². The predicted molar refractivity (Wildman–Crippen MR) is 101 cm³/mol. The van der Waals surface area contributed by atoms with Gasteiger partial charge in [0.25, 0.3) is 0 Å². The summed E-state index contributed by atoms with van der Waals surface area (Å²) in [7, 11) is -1.59. The quantitative estimate of drug-likeness (QED) is 0.565. The van der Waals surface area contributed by atoms with Crippen molar-refractivity contribution in [3.05, 3.63) is 34.9 Å². The minimum Gasteiger partial charge on any atom is -0.391 e. The van der Waals surface area contributed by atoms with Gasteiger partial charge in [0.15, 0.2) is 0 Å². The highest BCUT2D eigenvalue weighted by Crippen LogP contribution is 2.46. The van der Waals surface area contributed by atoms with Crippen molar-refractivity contribution in [3.8, 4) is 0 Å². The van der Waals surface area contributed by atoms with Crippen molar-refractivity contribution in [2.45, 2.75) is 44.4 Å². The summed E-state index contributed by atoms with van der Waals surface area (Å²) in [6, 6.07) is 7.45. The van der Waals surface area contributed by atoms with Crippen LogP contribution in [0.4, 0.5) is 0 Å². The van der Waals surface area contributed by atoms with Crippen molar-refractivity contribution in [2.75, 3.05) is 26.0 Å². The molecule has 1 fully saturated rings. The molecule has 2 rings (SSSR count). The maximum atomic E-state index is 12.4. The van der Waals surface area contributed by atoms with E-state index < -0.39 is 13.5 Å². The lowest BCUT2D eigenvalue weighted by Crippen LogP contribution is -2.30. The Balaban J connectivity index is 1.68. The van der Waals surface area contributed by atoms with E-state index in [2.05, 4.69) is 5.32 Å². The Morgan fingerprint density at radius 1 is 1.28 bits per heavy atom. The third-order valence-electron chi connectivity index (χ3n) is 4.79. The number of methoxy groups -OCH3 is 1. The molecule has 0 amide bonds. The molecular weight excluding hydrogens is 361 g/mol. The van der Waals surface area contributed by atoms with Crippen LogP contribution in [0.15, 0.2) is 24.3 Å². The zero-order valence-corrected chi connectivity index (χ0v) is 16.4. The average molecular weight is 390 g/mol. The lowest BCUT2D eigenvalue weighted by molar-refractivity contribution is 0.0593. The first-order valence-corrected chi connectivity index (χ1v) is 11.3. The molecule has 7 heteroatoms. The molecule has 1 unspecified atom stereocenters. The predicted octanol–water partition coefficient (Wildman–Crippen LogP) is 3.27. The van der Waals surface area contributed by atoms with E-state index in [1.807, 2.05) is 24.3 Å². The van der Waals surface area contributed by atoms with E-state index in [4.69, 9.17) is 16.3 Å². The summed E-state index contributed by atoms with van der Waals surface area (Å²) >= 11 is 5.84. The first-order chi connectivity index (χ1) is 11.9. The van der Waals surface area contributed by atoms with Gasteiger partial charge in [-0.05, 0) is 49.3 Å². The molecule has 142 valence electrons. The standard InChI is InChI=1S/C18H29ClNO4P/c1-24-18-8-4-15(5-9-18)12-25(22,23)13-17(21)11-20-10-14-2-6-16(19)7-3-14/h2-3,6-7,15,17-18,20-21H,4-5,8-13H2,1H3,(H,22,23)/t15?,17-,18?/m0/s1. The molecule has 1 aromatic carbocycles. The third-order valence-corrected chi connectivity index (χ3v) is 7.12.